The summed E-state index contributed by atoms with van der Waals surface area (Å²) in [6, 6.07) is 16.2. The fraction of sp³-hybridized carbons (Fsp3) is 0.364. The molecule has 1 atom stereocenters. The van der Waals surface area contributed by atoms with Gasteiger partial charge in [0, 0.05) is 31.1 Å². The van der Waals surface area contributed by atoms with Crippen LogP contribution in [-0.4, -0.2) is 48.1 Å². The van der Waals surface area contributed by atoms with E-state index in [1.54, 1.807) is 12.1 Å². The van der Waals surface area contributed by atoms with Gasteiger partial charge in [0.2, 0.25) is 0 Å². The van der Waals surface area contributed by atoms with E-state index in [0.29, 0.717) is 11.6 Å². The summed E-state index contributed by atoms with van der Waals surface area (Å²) in [5.74, 6) is -1.09. The lowest BCUT2D eigenvalue weighted by atomic mass is 9.98. The van der Waals surface area contributed by atoms with E-state index in [4.69, 9.17) is 9.84 Å². The maximum atomic E-state index is 12.0. The number of carboxylic acid groups (broad SMARTS) is 1. The van der Waals surface area contributed by atoms with Crippen LogP contribution in [0.5, 0.6) is 0 Å². The molecule has 0 unspecified atom stereocenters. The van der Waals surface area contributed by atoms with Crippen LogP contribution in [0, 0.1) is 0 Å². The number of hydrogen-bond acceptors (Lipinski definition) is 4. The molecule has 1 N–H and O–H groups in total. The summed E-state index contributed by atoms with van der Waals surface area (Å²) in [4.78, 5) is 25.0. The average molecular weight is 367 g/mol. The summed E-state index contributed by atoms with van der Waals surface area (Å²) < 4.78 is 5.42. The molecule has 0 aliphatic carbocycles. The van der Waals surface area contributed by atoms with Crippen LogP contribution in [0.15, 0.2) is 48.5 Å². The van der Waals surface area contributed by atoms with Gasteiger partial charge in [0.25, 0.3) is 0 Å². The highest BCUT2D eigenvalue weighted by molar-refractivity contribution is 5.97. The molecule has 1 saturated heterocycles. The number of ether oxygens (including phenoxy) is 1. The Balaban J connectivity index is 1.66. The minimum Gasteiger partial charge on any atom is -0.481 e. The van der Waals surface area contributed by atoms with Gasteiger partial charge in [0.1, 0.15) is 0 Å². The molecule has 5 nitrogen and oxygen atoms in total. The largest absolute Gasteiger partial charge is 0.481 e. The Kier molecular flexibility index (Phi) is 6.37. The van der Waals surface area contributed by atoms with E-state index in [2.05, 4.69) is 36.1 Å². The van der Waals surface area contributed by atoms with E-state index in [0.717, 1.165) is 37.4 Å². The molecule has 0 saturated carbocycles. The van der Waals surface area contributed by atoms with Crippen molar-refractivity contribution in [3.63, 3.8) is 0 Å². The van der Waals surface area contributed by atoms with Crippen LogP contribution in [0.25, 0.3) is 11.1 Å². The third kappa shape index (κ3) is 5.02. The fourth-order valence-electron chi connectivity index (χ4n) is 3.34. The number of ketones is 1. The summed E-state index contributed by atoms with van der Waals surface area (Å²) in [7, 11) is 0. The first-order valence-electron chi connectivity index (χ1n) is 9.32. The van der Waals surface area contributed by atoms with Crippen LogP contribution in [-0.2, 0) is 9.53 Å². The van der Waals surface area contributed by atoms with Crippen LogP contribution in [0.1, 0.15) is 41.7 Å². The van der Waals surface area contributed by atoms with Crippen molar-refractivity contribution in [1.29, 1.82) is 0 Å². The molecule has 2 aromatic carbocycles. The zero-order valence-corrected chi connectivity index (χ0v) is 15.6. The molecule has 0 radical (unpaired) electrons. The molecular formula is C22H25NO4. The molecule has 2 aromatic rings. The molecule has 1 aliphatic rings. The third-order valence-electron chi connectivity index (χ3n) is 5.09. The molecule has 3 rings (SSSR count). The van der Waals surface area contributed by atoms with Crippen molar-refractivity contribution in [2.24, 2.45) is 0 Å². The Morgan fingerprint density at radius 2 is 1.52 bits per heavy atom. The summed E-state index contributed by atoms with van der Waals surface area (Å²) in [6.45, 7) is 5.72. The second kappa shape index (κ2) is 8.93. The number of nitrogens with zero attached hydrogens (tertiary/aromatic N) is 1. The van der Waals surface area contributed by atoms with Crippen molar-refractivity contribution in [1.82, 2.24) is 4.90 Å². The van der Waals surface area contributed by atoms with E-state index >= 15 is 0 Å². The van der Waals surface area contributed by atoms with Crippen molar-refractivity contribution in [2.75, 3.05) is 26.3 Å². The highest BCUT2D eigenvalue weighted by Gasteiger charge is 2.18. The monoisotopic (exact) mass is 367 g/mol. The molecule has 0 spiro atoms. The number of rotatable bonds is 7. The first-order chi connectivity index (χ1) is 13.0. The Morgan fingerprint density at radius 1 is 0.963 bits per heavy atom. The first kappa shape index (κ1) is 19.3. The average Bonchev–Trinajstić information content (AvgIpc) is 2.72. The van der Waals surface area contributed by atoms with Gasteiger partial charge >= 0.3 is 5.97 Å². The van der Waals surface area contributed by atoms with E-state index in [1.807, 2.05) is 12.1 Å². The summed E-state index contributed by atoms with van der Waals surface area (Å²) >= 11 is 0. The molecule has 1 fully saturated rings. The van der Waals surface area contributed by atoms with E-state index < -0.39 is 5.97 Å². The second-order valence-corrected chi connectivity index (χ2v) is 6.84. The lowest BCUT2D eigenvalue weighted by molar-refractivity contribution is -0.136. The Hall–Kier alpha value is -2.50. The lowest BCUT2D eigenvalue weighted by Crippen LogP contribution is -2.37. The van der Waals surface area contributed by atoms with Crippen molar-refractivity contribution < 1.29 is 19.4 Å². The summed E-state index contributed by atoms with van der Waals surface area (Å²) in [5, 5.41) is 8.69. The van der Waals surface area contributed by atoms with E-state index in [-0.39, 0.29) is 18.6 Å². The van der Waals surface area contributed by atoms with Crippen molar-refractivity contribution in [3.8, 4) is 11.1 Å². The van der Waals surface area contributed by atoms with E-state index in [1.165, 1.54) is 5.56 Å². The molecule has 0 amide bonds. The molecule has 142 valence electrons. The molecule has 27 heavy (non-hydrogen) atoms. The van der Waals surface area contributed by atoms with Gasteiger partial charge in [-0.1, -0.05) is 48.5 Å². The maximum Gasteiger partial charge on any atom is 0.303 e. The van der Waals surface area contributed by atoms with Crippen molar-refractivity contribution >= 4 is 11.8 Å². The standard InChI is InChI=1S/C22H25NO4/c1-16(23-12-14-27-15-13-23)17-2-4-18(5-3-17)19-6-8-20(9-7-19)21(24)10-11-22(25)26/h2-9,16H,10-15H2,1H3,(H,25,26)/t16-/m1/s1. The molecule has 0 bridgehead atoms. The number of carboxylic acids is 1. The Bertz CT molecular complexity index is 777. The van der Waals surface area contributed by atoms with E-state index in [9.17, 15) is 9.59 Å². The molecule has 5 heteroatoms. The highest BCUT2D eigenvalue weighted by Crippen LogP contribution is 2.26. The minimum absolute atomic E-state index is 0.0306. The quantitative estimate of drug-likeness (QED) is 0.754. The zero-order valence-electron chi connectivity index (χ0n) is 15.6. The second-order valence-electron chi connectivity index (χ2n) is 6.84. The van der Waals surface area contributed by atoms with Crippen LogP contribution >= 0.6 is 0 Å². The molecular weight excluding hydrogens is 342 g/mol. The molecule has 1 heterocycles. The number of carbonyl (C=O) groups excluding carboxylic acids is 1. The normalized spacial score (nSPS) is 16.0. The maximum absolute atomic E-state index is 12.0. The van der Waals surface area contributed by atoms with Crippen LogP contribution < -0.4 is 0 Å². The first-order valence-corrected chi connectivity index (χ1v) is 9.32. The van der Waals surface area contributed by atoms with Gasteiger partial charge in [-0.2, -0.15) is 0 Å². The Labute approximate surface area is 159 Å². The topological polar surface area (TPSA) is 66.8 Å². The predicted molar refractivity (Wildman–Crippen MR) is 104 cm³/mol. The van der Waals surface area contributed by atoms with Gasteiger partial charge in [-0.3, -0.25) is 14.5 Å². The third-order valence-corrected chi connectivity index (χ3v) is 5.09. The zero-order chi connectivity index (χ0) is 19.2. The summed E-state index contributed by atoms with van der Waals surface area (Å²) in [6.07, 6.45) is -0.105. The van der Waals surface area contributed by atoms with Crippen molar-refractivity contribution in [3.05, 3.63) is 59.7 Å². The number of hydrogen-bond donors (Lipinski definition) is 1. The number of aliphatic carboxylic acids is 1. The molecule has 0 aromatic heterocycles. The number of Topliss-reactive ketones (excluding diaryl/α,β-unsaturated/α-hetero) is 1. The smallest absolute Gasteiger partial charge is 0.303 e. The van der Waals surface area contributed by atoms with Gasteiger partial charge in [0.05, 0.1) is 19.6 Å². The number of benzene rings is 2. The lowest BCUT2D eigenvalue weighted by Gasteiger charge is -2.32. The SMILES string of the molecule is C[C@H](c1ccc(-c2ccc(C(=O)CCC(=O)O)cc2)cc1)N1CCOCC1. The predicted octanol–water partition coefficient (Wildman–Crippen LogP) is 3.79. The van der Waals surface area contributed by atoms with Gasteiger partial charge in [-0.05, 0) is 23.6 Å². The number of carbonyl (C=O) groups is 2. The van der Waals surface area contributed by atoms with Gasteiger partial charge in [-0.25, -0.2) is 0 Å². The van der Waals surface area contributed by atoms with Crippen LogP contribution in [0.4, 0.5) is 0 Å². The van der Waals surface area contributed by atoms with Gasteiger partial charge in [0.15, 0.2) is 5.78 Å². The number of morpholine rings is 1. The van der Waals surface area contributed by atoms with Crippen molar-refractivity contribution in [2.45, 2.75) is 25.8 Å². The summed E-state index contributed by atoms with van der Waals surface area (Å²) in [5.41, 5.74) is 3.96. The minimum atomic E-state index is -0.952. The van der Waals surface area contributed by atoms with Gasteiger partial charge in [-0.15, -0.1) is 0 Å². The van der Waals surface area contributed by atoms with Gasteiger partial charge < -0.3 is 9.84 Å². The fourth-order valence-corrected chi connectivity index (χ4v) is 3.34. The van der Waals surface area contributed by atoms with Crippen LogP contribution in [0.2, 0.25) is 0 Å². The molecule has 1 aliphatic heterocycles. The highest BCUT2D eigenvalue weighted by atomic mass is 16.5. The Morgan fingerprint density at radius 3 is 2.07 bits per heavy atom. The van der Waals surface area contributed by atoms with Crippen LogP contribution in [0.3, 0.4) is 0 Å².